The largest absolute Gasteiger partial charge is 0.462 e. The second-order valence-corrected chi connectivity index (χ2v) is 4.38. The lowest BCUT2D eigenvalue weighted by Gasteiger charge is -2.39. The summed E-state index contributed by atoms with van der Waals surface area (Å²) in [6, 6.07) is 6.38. The summed E-state index contributed by atoms with van der Waals surface area (Å²) in [5.74, 6) is 0.388. The monoisotopic (exact) mass is 271 g/mol. The van der Waals surface area contributed by atoms with Crippen LogP contribution in [0, 0.1) is 0 Å². The Morgan fingerprint density at radius 3 is 2.26 bits per heavy atom. The summed E-state index contributed by atoms with van der Waals surface area (Å²) < 4.78 is 10.6. The maximum Gasteiger partial charge on any atom is 0.229 e. The molecule has 0 saturated carbocycles. The number of rotatable bonds is 3. The average Bonchev–Trinajstić information content (AvgIpc) is 2.42. The van der Waals surface area contributed by atoms with Gasteiger partial charge in [0.15, 0.2) is 0 Å². The summed E-state index contributed by atoms with van der Waals surface area (Å²) in [6.45, 7) is -0.494. The van der Waals surface area contributed by atoms with E-state index in [2.05, 4.69) is 0 Å². The molecule has 0 amide bonds. The lowest BCUT2D eigenvalue weighted by molar-refractivity contribution is -0.277. The van der Waals surface area contributed by atoms with Crippen molar-refractivity contribution in [1.29, 1.82) is 0 Å². The Labute approximate surface area is 109 Å². The molecule has 2 rings (SSSR count). The summed E-state index contributed by atoms with van der Waals surface area (Å²) in [5.41, 5.74) is 6.09. The molecule has 3 unspecified atom stereocenters. The zero-order valence-corrected chi connectivity index (χ0v) is 10.1. The molecule has 1 aliphatic heterocycles. The molecule has 0 radical (unpaired) electrons. The normalized spacial score (nSPS) is 35.1. The fraction of sp³-hybridized carbons (Fsp3) is 0.500. The molecule has 0 spiro atoms. The Morgan fingerprint density at radius 2 is 1.68 bits per heavy atom. The number of hydrogen-bond acceptors (Lipinski definition) is 7. The molecule has 1 aliphatic rings. The van der Waals surface area contributed by atoms with Crippen LogP contribution in [0.15, 0.2) is 24.3 Å². The third-order valence-corrected chi connectivity index (χ3v) is 2.98. The number of nitrogens with two attached hydrogens (primary N) is 1. The smallest absolute Gasteiger partial charge is 0.229 e. The van der Waals surface area contributed by atoms with Gasteiger partial charge in [0.2, 0.25) is 6.29 Å². The summed E-state index contributed by atoms with van der Waals surface area (Å²) in [6.07, 6.45) is -6.44. The van der Waals surface area contributed by atoms with E-state index in [0.29, 0.717) is 11.4 Å². The van der Waals surface area contributed by atoms with Gasteiger partial charge in [0.25, 0.3) is 0 Å². The van der Waals surface area contributed by atoms with E-state index in [1.807, 2.05) is 0 Å². The molecular formula is C12H17NO6. The number of aliphatic hydroxyl groups is 4. The number of aliphatic hydroxyl groups excluding tert-OH is 4. The Bertz CT molecular complexity index is 409. The van der Waals surface area contributed by atoms with Crippen molar-refractivity contribution in [2.45, 2.75) is 30.7 Å². The third-order valence-electron chi connectivity index (χ3n) is 2.98. The summed E-state index contributed by atoms with van der Waals surface area (Å²) >= 11 is 0. The molecule has 19 heavy (non-hydrogen) atoms. The first kappa shape index (κ1) is 14.0. The van der Waals surface area contributed by atoms with Crippen molar-refractivity contribution in [2.75, 3.05) is 12.3 Å². The second-order valence-electron chi connectivity index (χ2n) is 4.38. The number of anilines is 1. The fourth-order valence-corrected chi connectivity index (χ4v) is 1.85. The Kier molecular flexibility index (Phi) is 4.23. The van der Waals surface area contributed by atoms with Crippen molar-refractivity contribution in [3.63, 3.8) is 0 Å². The standard InChI is InChI=1S/C12H17NO6/c13-6-1-3-7(4-2-6)18-12-11(17)10(16)9(15)8(5-14)19-12/h1-4,8-12,14-17H,5,13H2/t8?,9-,10?,11?,12+/m1/s1. The second kappa shape index (κ2) is 5.72. The lowest BCUT2D eigenvalue weighted by Crippen LogP contribution is -2.60. The predicted octanol–water partition coefficient (Wildman–Crippen LogP) is -1.55. The summed E-state index contributed by atoms with van der Waals surface area (Å²) in [7, 11) is 0. The minimum atomic E-state index is -1.45. The van der Waals surface area contributed by atoms with E-state index < -0.39 is 37.3 Å². The zero-order valence-electron chi connectivity index (χ0n) is 10.1. The minimum Gasteiger partial charge on any atom is -0.462 e. The van der Waals surface area contributed by atoms with Crippen LogP contribution < -0.4 is 10.5 Å². The van der Waals surface area contributed by atoms with Crippen LogP contribution in [0.5, 0.6) is 5.75 Å². The van der Waals surface area contributed by atoms with Gasteiger partial charge in [0.1, 0.15) is 30.2 Å². The van der Waals surface area contributed by atoms with Crippen molar-refractivity contribution >= 4 is 5.69 Å². The van der Waals surface area contributed by atoms with E-state index in [4.69, 9.17) is 20.3 Å². The van der Waals surface area contributed by atoms with Crippen LogP contribution in [0.2, 0.25) is 0 Å². The van der Waals surface area contributed by atoms with Gasteiger partial charge in [-0.05, 0) is 24.3 Å². The summed E-state index contributed by atoms with van der Waals surface area (Å²) in [4.78, 5) is 0. The van der Waals surface area contributed by atoms with E-state index in [9.17, 15) is 15.3 Å². The highest BCUT2D eigenvalue weighted by molar-refractivity contribution is 5.41. The predicted molar refractivity (Wildman–Crippen MR) is 65.2 cm³/mol. The highest BCUT2D eigenvalue weighted by Crippen LogP contribution is 2.24. The Balaban J connectivity index is 2.08. The average molecular weight is 271 g/mol. The molecule has 7 heteroatoms. The van der Waals surface area contributed by atoms with Crippen molar-refractivity contribution in [3.8, 4) is 5.75 Å². The van der Waals surface area contributed by atoms with Gasteiger partial charge in [-0.15, -0.1) is 0 Å². The fourth-order valence-electron chi connectivity index (χ4n) is 1.85. The number of hydrogen-bond donors (Lipinski definition) is 5. The molecule has 106 valence electrons. The maximum atomic E-state index is 9.77. The van der Waals surface area contributed by atoms with Crippen LogP contribution in [0.1, 0.15) is 0 Å². The molecule has 0 bridgehead atoms. The van der Waals surface area contributed by atoms with Crippen LogP contribution in [-0.4, -0.2) is 57.7 Å². The molecule has 1 saturated heterocycles. The molecule has 0 aliphatic carbocycles. The highest BCUT2D eigenvalue weighted by atomic mass is 16.7. The number of benzene rings is 1. The first-order chi connectivity index (χ1) is 9.02. The van der Waals surface area contributed by atoms with Crippen LogP contribution in [0.4, 0.5) is 5.69 Å². The van der Waals surface area contributed by atoms with Gasteiger partial charge in [-0.3, -0.25) is 0 Å². The van der Waals surface area contributed by atoms with Crippen LogP contribution >= 0.6 is 0 Å². The topological polar surface area (TPSA) is 125 Å². The van der Waals surface area contributed by atoms with Crippen LogP contribution in [0.25, 0.3) is 0 Å². The molecule has 7 nitrogen and oxygen atoms in total. The van der Waals surface area contributed by atoms with Crippen molar-refractivity contribution in [3.05, 3.63) is 24.3 Å². The van der Waals surface area contributed by atoms with Crippen molar-refractivity contribution in [1.82, 2.24) is 0 Å². The molecule has 6 N–H and O–H groups in total. The molecule has 1 aromatic rings. The lowest BCUT2D eigenvalue weighted by atomic mass is 9.99. The summed E-state index contributed by atoms with van der Waals surface area (Å²) in [5, 5.41) is 38.0. The highest BCUT2D eigenvalue weighted by Gasteiger charge is 2.44. The van der Waals surface area contributed by atoms with Crippen molar-refractivity contribution in [2.24, 2.45) is 0 Å². The molecule has 5 atom stereocenters. The van der Waals surface area contributed by atoms with Gasteiger partial charge in [0, 0.05) is 5.69 Å². The van der Waals surface area contributed by atoms with Crippen LogP contribution in [0.3, 0.4) is 0 Å². The van der Waals surface area contributed by atoms with Gasteiger partial charge in [0.05, 0.1) is 6.61 Å². The van der Waals surface area contributed by atoms with E-state index in [1.54, 1.807) is 24.3 Å². The van der Waals surface area contributed by atoms with Gasteiger partial charge < -0.3 is 35.6 Å². The number of ether oxygens (including phenoxy) is 2. The van der Waals surface area contributed by atoms with E-state index in [0.717, 1.165) is 0 Å². The zero-order chi connectivity index (χ0) is 14.0. The first-order valence-electron chi connectivity index (χ1n) is 5.85. The Morgan fingerprint density at radius 1 is 1.05 bits per heavy atom. The van der Waals surface area contributed by atoms with Gasteiger partial charge >= 0.3 is 0 Å². The van der Waals surface area contributed by atoms with Crippen LogP contribution in [-0.2, 0) is 4.74 Å². The molecular weight excluding hydrogens is 254 g/mol. The molecule has 0 aromatic heterocycles. The third kappa shape index (κ3) is 2.96. The Hall–Kier alpha value is -1.38. The molecule has 1 fully saturated rings. The van der Waals surface area contributed by atoms with E-state index >= 15 is 0 Å². The maximum absolute atomic E-state index is 9.77. The number of nitrogen functional groups attached to an aromatic ring is 1. The molecule has 1 aromatic carbocycles. The first-order valence-corrected chi connectivity index (χ1v) is 5.85. The van der Waals surface area contributed by atoms with E-state index in [1.165, 1.54) is 0 Å². The van der Waals surface area contributed by atoms with Gasteiger partial charge in [-0.2, -0.15) is 0 Å². The van der Waals surface area contributed by atoms with Crippen molar-refractivity contribution < 1.29 is 29.9 Å². The quantitative estimate of drug-likeness (QED) is 0.421. The molecule has 1 heterocycles. The van der Waals surface area contributed by atoms with E-state index in [-0.39, 0.29) is 0 Å². The minimum absolute atomic E-state index is 0.388. The van der Waals surface area contributed by atoms with Gasteiger partial charge in [-0.1, -0.05) is 0 Å². The SMILES string of the molecule is Nc1ccc(O[C@H]2OC(CO)[C@@H](O)C(O)C2O)cc1. The van der Waals surface area contributed by atoms with Gasteiger partial charge in [-0.25, -0.2) is 0 Å².